The van der Waals surface area contributed by atoms with Gasteiger partial charge in [0.15, 0.2) is 5.58 Å². The molecular weight excluding hydrogens is 440 g/mol. The molecule has 140 valence electrons. The van der Waals surface area contributed by atoms with Crippen molar-refractivity contribution in [1.82, 2.24) is 4.98 Å². The molecule has 0 aliphatic heterocycles. The van der Waals surface area contributed by atoms with Crippen molar-refractivity contribution in [3.8, 4) is 11.5 Å². The number of anilines is 1. The normalized spacial score (nSPS) is 11.0. The van der Waals surface area contributed by atoms with E-state index in [9.17, 15) is 4.79 Å². The van der Waals surface area contributed by atoms with Crippen LogP contribution in [0.1, 0.15) is 22.8 Å². The molecule has 1 amide bonds. The lowest BCUT2D eigenvalue weighted by Gasteiger charge is -2.05. The third-order valence-electron chi connectivity index (χ3n) is 4.43. The Labute approximate surface area is 175 Å². The standard InChI is InChI=1S/C22H16BrClN2O2/c1-2-13-3-5-14(6-4-13)21(27)25-16-8-10-20-19(12-16)26-22(28-20)17-11-15(23)7-9-18(17)24/h3-12H,2H2,1H3,(H,25,27). The number of carbonyl (C=O) groups excluding carboxylic acids is 1. The Morgan fingerprint density at radius 2 is 1.89 bits per heavy atom. The number of amides is 1. The molecule has 0 unspecified atom stereocenters. The number of carbonyl (C=O) groups is 1. The lowest BCUT2D eigenvalue weighted by molar-refractivity contribution is 0.102. The van der Waals surface area contributed by atoms with E-state index in [2.05, 4.69) is 33.2 Å². The Morgan fingerprint density at radius 3 is 2.64 bits per heavy atom. The summed E-state index contributed by atoms with van der Waals surface area (Å²) in [4.78, 5) is 17.0. The van der Waals surface area contributed by atoms with Crippen LogP contribution in [-0.4, -0.2) is 10.9 Å². The van der Waals surface area contributed by atoms with Crippen molar-refractivity contribution in [2.45, 2.75) is 13.3 Å². The predicted molar refractivity (Wildman–Crippen MR) is 116 cm³/mol. The van der Waals surface area contributed by atoms with Crippen LogP contribution in [0.3, 0.4) is 0 Å². The van der Waals surface area contributed by atoms with Crippen molar-refractivity contribution >= 4 is 50.2 Å². The first-order valence-corrected chi connectivity index (χ1v) is 9.97. The summed E-state index contributed by atoms with van der Waals surface area (Å²) >= 11 is 9.70. The summed E-state index contributed by atoms with van der Waals surface area (Å²) in [6, 6.07) is 18.4. The summed E-state index contributed by atoms with van der Waals surface area (Å²) in [5, 5.41) is 3.46. The molecule has 1 heterocycles. The fourth-order valence-corrected chi connectivity index (χ4v) is 3.44. The minimum atomic E-state index is -0.166. The molecule has 3 aromatic carbocycles. The summed E-state index contributed by atoms with van der Waals surface area (Å²) in [5.74, 6) is 0.265. The fourth-order valence-electron chi connectivity index (χ4n) is 2.88. The van der Waals surface area contributed by atoms with E-state index in [1.54, 1.807) is 24.3 Å². The molecule has 6 heteroatoms. The number of hydrogen-bond acceptors (Lipinski definition) is 3. The third-order valence-corrected chi connectivity index (χ3v) is 5.25. The number of nitrogens with zero attached hydrogens (tertiary/aromatic N) is 1. The molecular formula is C22H16BrClN2O2. The molecule has 0 saturated carbocycles. The molecule has 28 heavy (non-hydrogen) atoms. The summed E-state index contributed by atoms with van der Waals surface area (Å²) in [6.45, 7) is 2.08. The number of aromatic nitrogens is 1. The third kappa shape index (κ3) is 3.81. The second-order valence-electron chi connectivity index (χ2n) is 6.33. The maximum Gasteiger partial charge on any atom is 0.255 e. The fraction of sp³-hybridized carbons (Fsp3) is 0.0909. The number of rotatable bonds is 4. The topological polar surface area (TPSA) is 55.1 Å². The van der Waals surface area contributed by atoms with Crippen LogP contribution in [0.5, 0.6) is 0 Å². The number of oxazole rings is 1. The molecule has 0 aliphatic rings. The summed E-state index contributed by atoms with van der Waals surface area (Å²) in [6.07, 6.45) is 0.940. The predicted octanol–water partition coefficient (Wildman–Crippen LogP) is 6.73. The van der Waals surface area contributed by atoms with Crippen molar-refractivity contribution in [3.63, 3.8) is 0 Å². The van der Waals surface area contributed by atoms with Gasteiger partial charge in [0.1, 0.15) is 5.52 Å². The zero-order valence-electron chi connectivity index (χ0n) is 15.0. The highest BCUT2D eigenvalue weighted by Crippen LogP contribution is 2.33. The van der Waals surface area contributed by atoms with Gasteiger partial charge in [-0.15, -0.1) is 0 Å². The molecule has 0 fully saturated rings. The van der Waals surface area contributed by atoms with Crippen molar-refractivity contribution in [2.75, 3.05) is 5.32 Å². The molecule has 0 aliphatic carbocycles. The Balaban J connectivity index is 1.61. The van der Waals surface area contributed by atoms with Gasteiger partial charge in [0.2, 0.25) is 5.89 Å². The van der Waals surface area contributed by atoms with E-state index in [4.69, 9.17) is 16.0 Å². The highest BCUT2D eigenvalue weighted by Gasteiger charge is 2.13. The minimum absolute atomic E-state index is 0.166. The van der Waals surface area contributed by atoms with Gasteiger partial charge in [-0.1, -0.05) is 46.6 Å². The smallest absolute Gasteiger partial charge is 0.255 e. The number of fused-ring (bicyclic) bond motifs is 1. The van der Waals surface area contributed by atoms with Crippen LogP contribution in [0.4, 0.5) is 5.69 Å². The maximum absolute atomic E-state index is 12.5. The van der Waals surface area contributed by atoms with E-state index in [1.807, 2.05) is 36.4 Å². The number of halogens is 2. The van der Waals surface area contributed by atoms with E-state index < -0.39 is 0 Å². The summed E-state index contributed by atoms with van der Waals surface area (Å²) in [5.41, 5.74) is 4.42. The lowest BCUT2D eigenvalue weighted by atomic mass is 10.1. The largest absolute Gasteiger partial charge is 0.436 e. The average molecular weight is 456 g/mol. The first-order chi connectivity index (χ1) is 13.5. The Morgan fingerprint density at radius 1 is 1.11 bits per heavy atom. The van der Waals surface area contributed by atoms with Crippen molar-refractivity contribution in [3.05, 3.63) is 81.3 Å². The average Bonchev–Trinajstić information content (AvgIpc) is 3.13. The Hall–Kier alpha value is -2.63. The Bertz CT molecular complexity index is 1170. The van der Waals surface area contributed by atoms with Crippen LogP contribution < -0.4 is 5.32 Å². The molecule has 0 atom stereocenters. The molecule has 4 aromatic rings. The molecule has 0 saturated heterocycles. The number of aryl methyl sites for hydroxylation is 1. The van der Waals surface area contributed by atoms with Crippen LogP contribution in [-0.2, 0) is 6.42 Å². The minimum Gasteiger partial charge on any atom is -0.436 e. The van der Waals surface area contributed by atoms with E-state index in [1.165, 1.54) is 5.56 Å². The molecule has 0 spiro atoms. The first kappa shape index (κ1) is 18.7. The van der Waals surface area contributed by atoms with Gasteiger partial charge in [0.25, 0.3) is 5.91 Å². The van der Waals surface area contributed by atoms with E-state index in [-0.39, 0.29) is 5.91 Å². The SMILES string of the molecule is CCc1ccc(C(=O)Nc2ccc3oc(-c4cc(Br)ccc4Cl)nc3c2)cc1. The molecule has 4 rings (SSSR count). The monoisotopic (exact) mass is 454 g/mol. The van der Waals surface area contributed by atoms with Gasteiger partial charge in [0.05, 0.1) is 10.6 Å². The molecule has 0 radical (unpaired) electrons. The number of nitrogens with one attached hydrogen (secondary N) is 1. The van der Waals surface area contributed by atoms with Gasteiger partial charge >= 0.3 is 0 Å². The zero-order valence-corrected chi connectivity index (χ0v) is 17.3. The van der Waals surface area contributed by atoms with E-state index in [0.717, 1.165) is 10.9 Å². The van der Waals surface area contributed by atoms with Crippen LogP contribution in [0.25, 0.3) is 22.6 Å². The first-order valence-electron chi connectivity index (χ1n) is 8.80. The van der Waals surface area contributed by atoms with Gasteiger partial charge in [-0.3, -0.25) is 4.79 Å². The Kier molecular flexibility index (Phi) is 5.20. The highest BCUT2D eigenvalue weighted by atomic mass is 79.9. The van der Waals surface area contributed by atoms with Gasteiger partial charge < -0.3 is 9.73 Å². The maximum atomic E-state index is 12.5. The summed E-state index contributed by atoms with van der Waals surface area (Å²) in [7, 11) is 0. The molecule has 1 N–H and O–H groups in total. The van der Waals surface area contributed by atoms with Gasteiger partial charge in [-0.05, 0) is 60.5 Å². The number of hydrogen-bond donors (Lipinski definition) is 1. The second kappa shape index (κ2) is 7.78. The van der Waals surface area contributed by atoms with Gasteiger partial charge in [-0.25, -0.2) is 4.98 Å². The molecule has 1 aromatic heterocycles. The van der Waals surface area contributed by atoms with Gasteiger partial charge in [0, 0.05) is 15.7 Å². The zero-order chi connectivity index (χ0) is 19.7. The van der Waals surface area contributed by atoms with E-state index in [0.29, 0.717) is 38.8 Å². The van der Waals surface area contributed by atoms with Crippen molar-refractivity contribution in [1.29, 1.82) is 0 Å². The van der Waals surface area contributed by atoms with E-state index >= 15 is 0 Å². The highest BCUT2D eigenvalue weighted by molar-refractivity contribution is 9.10. The van der Waals surface area contributed by atoms with Gasteiger partial charge in [-0.2, -0.15) is 0 Å². The molecule has 4 nitrogen and oxygen atoms in total. The van der Waals surface area contributed by atoms with Crippen LogP contribution in [0.2, 0.25) is 5.02 Å². The van der Waals surface area contributed by atoms with Crippen LogP contribution in [0.15, 0.2) is 69.6 Å². The molecule has 0 bridgehead atoms. The number of benzene rings is 3. The van der Waals surface area contributed by atoms with Crippen molar-refractivity contribution < 1.29 is 9.21 Å². The quantitative estimate of drug-likeness (QED) is 0.371. The van der Waals surface area contributed by atoms with Crippen molar-refractivity contribution in [2.24, 2.45) is 0 Å². The lowest BCUT2D eigenvalue weighted by Crippen LogP contribution is -2.11. The second-order valence-corrected chi connectivity index (χ2v) is 7.65. The van der Waals surface area contributed by atoms with Crippen LogP contribution >= 0.6 is 27.5 Å². The van der Waals surface area contributed by atoms with Crippen LogP contribution in [0, 0.1) is 0 Å². The summed E-state index contributed by atoms with van der Waals surface area (Å²) < 4.78 is 6.72.